The van der Waals surface area contributed by atoms with E-state index in [4.69, 9.17) is 25.5 Å². The SMILES string of the molecule is ClCc1ncc(-c2ccc3c(c2)OCO3)o1. The number of hydrogen-bond donors (Lipinski definition) is 0. The van der Waals surface area contributed by atoms with E-state index in [0.29, 0.717) is 11.7 Å². The van der Waals surface area contributed by atoms with Crippen LogP contribution in [0.5, 0.6) is 11.5 Å². The molecule has 2 heterocycles. The molecule has 0 saturated carbocycles. The molecule has 0 atom stereocenters. The zero-order valence-electron chi connectivity index (χ0n) is 8.27. The predicted octanol–water partition coefficient (Wildman–Crippen LogP) is 2.81. The van der Waals surface area contributed by atoms with Gasteiger partial charge in [0.2, 0.25) is 12.7 Å². The number of rotatable bonds is 2. The molecule has 1 aromatic carbocycles. The summed E-state index contributed by atoms with van der Waals surface area (Å²) in [6.45, 7) is 0.266. The second-order valence-electron chi connectivity index (χ2n) is 3.32. The van der Waals surface area contributed by atoms with Gasteiger partial charge in [0.25, 0.3) is 0 Å². The highest BCUT2D eigenvalue weighted by atomic mass is 35.5. The van der Waals surface area contributed by atoms with Gasteiger partial charge in [-0.15, -0.1) is 11.6 Å². The van der Waals surface area contributed by atoms with Crippen molar-refractivity contribution in [1.82, 2.24) is 4.98 Å². The Kier molecular flexibility index (Phi) is 2.22. The molecular weight excluding hydrogens is 230 g/mol. The second-order valence-corrected chi connectivity index (χ2v) is 3.59. The Balaban J connectivity index is 2.00. The minimum atomic E-state index is 0.266. The average Bonchev–Trinajstić information content (AvgIpc) is 2.96. The first-order valence-corrected chi connectivity index (χ1v) is 5.31. The first-order valence-electron chi connectivity index (χ1n) is 4.77. The second kappa shape index (κ2) is 3.72. The molecule has 1 aromatic heterocycles. The summed E-state index contributed by atoms with van der Waals surface area (Å²) in [4.78, 5) is 4.03. The van der Waals surface area contributed by atoms with Crippen molar-refractivity contribution in [2.45, 2.75) is 5.88 Å². The van der Waals surface area contributed by atoms with Crippen LogP contribution in [0.4, 0.5) is 0 Å². The van der Waals surface area contributed by atoms with Crippen LogP contribution in [0.15, 0.2) is 28.8 Å². The molecule has 4 nitrogen and oxygen atoms in total. The van der Waals surface area contributed by atoms with Crippen LogP contribution >= 0.6 is 11.6 Å². The maximum absolute atomic E-state index is 5.62. The molecule has 1 aliphatic rings. The molecule has 2 aromatic rings. The van der Waals surface area contributed by atoms with Gasteiger partial charge in [0.1, 0.15) is 0 Å². The lowest BCUT2D eigenvalue weighted by Gasteiger charge is -1.98. The van der Waals surface area contributed by atoms with Crippen molar-refractivity contribution in [2.75, 3.05) is 6.79 Å². The quantitative estimate of drug-likeness (QED) is 0.754. The summed E-state index contributed by atoms with van der Waals surface area (Å²) >= 11 is 5.62. The minimum Gasteiger partial charge on any atom is -0.454 e. The molecule has 0 amide bonds. The lowest BCUT2D eigenvalue weighted by Crippen LogP contribution is -1.92. The monoisotopic (exact) mass is 237 g/mol. The fourth-order valence-electron chi connectivity index (χ4n) is 1.56. The number of oxazole rings is 1. The van der Waals surface area contributed by atoms with Crippen molar-refractivity contribution in [3.63, 3.8) is 0 Å². The van der Waals surface area contributed by atoms with Crippen molar-refractivity contribution in [3.05, 3.63) is 30.3 Å². The normalized spacial score (nSPS) is 13.1. The van der Waals surface area contributed by atoms with E-state index >= 15 is 0 Å². The zero-order valence-corrected chi connectivity index (χ0v) is 9.03. The Hall–Kier alpha value is -1.68. The molecule has 0 aliphatic carbocycles. The third kappa shape index (κ3) is 1.51. The molecule has 16 heavy (non-hydrogen) atoms. The van der Waals surface area contributed by atoms with Crippen LogP contribution in [0.1, 0.15) is 5.89 Å². The number of alkyl halides is 1. The van der Waals surface area contributed by atoms with Crippen molar-refractivity contribution in [3.8, 4) is 22.8 Å². The Morgan fingerprint density at radius 3 is 2.94 bits per heavy atom. The molecular formula is C11H8ClNO3. The fraction of sp³-hybridized carbons (Fsp3) is 0.182. The number of ether oxygens (including phenoxy) is 2. The third-order valence-electron chi connectivity index (χ3n) is 2.32. The maximum atomic E-state index is 5.62. The number of hydrogen-bond acceptors (Lipinski definition) is 4. The summed E-state index contributed by atoms with van der Waals surface area (Å²) in [5, 5.41) is 0. The Bertz CT molecular complexity index is 524. The maximum Gasteiger partial charge on any atom is 0.231 e. The lowest BCUT2D eigenvalue weighted by atomic mass is 10.1. The van der Waals surface area contributed by atoms with Crippen LogP contribution in [0, 0.1) is 0 Å². The zero-order chi connectivity index (χ0) is 11.0. The van der Waals surface area contributed by atoms with Crippen LogP contribution in [0.2, 0.25) is 0 Å². The van der Waals surface area contributed by atoms with E-state index in [1.54, 1.807) is 6.20 Å². The van der Waals surface area contributed by atoms with Gasteiger partial charge in [-0.3, -0.25) is 0 Å². The molecule has 5 heteroatoms. The van der Waals surface area contributed by atoms with Gasteiger partial charge in [0.15, 0.2) is 17.3 Å². The molecule has 0 bridgehead atoms. The highest BCUT2D eigenvalue weighted by molar-refractivity contribution is 6.16. The lowest BCUT2D eigenvalue weighted by molar-refractivity contribution is 0.174. The van der Waals surface area contributed by atoms with Gasteiger partial charge in [-0.2, -0.15) is 0 Å². The van der Waals surface area contributed by atoms with Gasteiger partial charge in [0.05, 0.1) is 12.1 Å². The van der Waals surface area contributed by atoms with Crippen LogP contribution < -0.4 is 9.47 Å². The summed E-state index contributed by atoms with van der Waals surface area (Å²) in [5.74, 6) is 2.93. The van der Waals surface area contributed by atoms with Gasteiger partial charge in [0, 0.05) is 5.56 Å². The predicted molar refractivity (Wildman–Crippen MR) is 57.6 cm³/mol. The van der Waals surface area contributed by atoms with E-state index in [1.165, 1.54) is 0 Å². The van der Waals surface area contributed by atoms with Crippen LogP contribution in [-0.4, -0.2) is 11.8 Å². The van der Waals surface area contributed by atoms with Gasteiger partial charge in [-0.05, 0) is 18.2 Å². The minimum absolute atomic E-state index is 0.266. The highest BCUT2D eigenvalue weighted by Gasteiger charge is 2.15. The number of aromatic nitrogens is 1. The van der Waals surface area contributed by atoms with E-state index in [-0.39, 0.29) is 12.7 Å². The molecule has 0 saturated heterocycles. The molecule has 0 spiro atoms. The van der Waals surface area contributed by atoms with Crippen molar-refractivity contribution in [1.29, 1.82) is 0 Å². The Labute approximate surface area is 96.8 Å². The van der Waals surface area contributed by atoms with E-state index < -0.39 is 0 Å². The number of fused-ring (bicyclic) bond motifs is 1. The van der Waals surface area contributed by atoms with Gasteiger partial charge >= 0.3 is 0 Å². The first-order chi connectivity index (χ1) is 7.86. The van der Waals surface area contributed by atoms with Crippen molar-refractivity contribution < 1.29 is 13.9 Å². The van der Waals surface area contributed by atoms with Crippen molar-refractivity contribution >= 4 is 11.6 Å². The summed E-state index contributed by atoms with van der Waals surface area (Å²) in [5.41, 5.74) is 0.896. The summed E-state index contributed by atoms with van der Waals surface area (Å²) in [6.07, 6.45) is 1.65. The van der Waals surface area contributed by atoms with E-state index in [1.807, 2.05) is 18.2 Å². The molecule has 0 N–H and O–H groups in total. The molecule has 3 rings (SSSR count). The van der Waals surface area contributed by atoms with Crippen LogP contribution in [0.3, 0.4) is 0 Å². The number of nitrogens with zero attached hydrogens (tertiary/aromatic N) is 1. The largest absolute Gasteiger partial charge is 0.454 e. The number of halogens is 1. The molecule has 0 radical (unpaired) electrons. The summed E-state index contributed by atoms with van der Waals surface area (Å²) in [6, 6.07) is 5.60. The Morgan fingerprint density at radius 2 is 2.12 bits per heavy atom. The van der Waals surface area contributed by atoms with E-state index in [0.717, 1.165) is 17.1 Å². The highest BCUT2D eigenvalue weighted by Crippen LogP contribution is 2.35. The van der Waals surface area contributed by atoms with Gasteiger partial charge in [-0.25, -0.2) is 4.98 Å². The standard InChI is InChI=1S/C11H8ClNO3/c12-4-11-13-5-10(16-11)7-1-2-8-9(3-7)15-6-14-8/h1-3,5H,4,6H2. The smallest absolute Gasteiger partial charge is 0.231 e. The summed E-state index contributed by atoms with van der Waals surface area (Å²) in [7, 11) is 0. The average molecular weight is 238 g/mol. The van der Waals surface area contributed by atoms with Gasteiger partial charge in [-0.1, -0.05) is 0 Å². The third-order valence-corrected chi connectivity index (χ3v) is 2.55. The van der Waals surface area contributed by atoms with Crippen molar-refractivity contribution in [2.24, 2.45) is 0 Å². The first kappa shape index (κ1) is 9.54. The molecule has 1 aliphatic heterocycles. The Morgan fingerprint density at radius 1 is 1.25 bits per heavy atom. The fourth-order valence-corrected chi connectivity index (χ4v) is 1.68. The summed E-state index contributed by atoms with van der Waals surface area (Å²) < 4.78 is 15.9. The van der Waals surface area contributed by atoms with Crippen LogP contribution in [0.25, 0.3) is 11.3 Å². The topological polar surface area (TPSA) is 44.5 Å². The van der Waals surface area contributed by atoms with E-state index in [9.17, 15) is 0 Å². The van der Waals surface area contributed by atoms with Gasteiger partial charge < -0.3 is 13.9 Å². The number of benzene rings is 1. The van der Waals surface area contributed by atoms with Crippen LogP contribution in [-0.2, 0) is 5.88 Å². The van der Waals surface area contributed by atoms with E-state index in [2.05, 4.69) is 4.98 Å². The molecule has 0 unspecified atom stereocenters. The molecule has 82 valence electrons. The molecule has 0 fully saturated rings.